The van der Waals surface area contributed by atoms with Crippen LogP contribution in [0.15, 0.2) is 54.6 Å². The predicted molar refractivity (Wildman–Crippen MR) is 143 cm³/mol. The average molecular weight is 585 g/mol. The maximum atomic E-state index is 13.5. The number of carbonyl (C=O) groups excluding carboxylic acids is 2. The summed E-state index contributed by atoms with van der Waals surface area (Å²) in [6, 6.07) is 13.0. The van der Waals surface area contributed by atoms with Crippen LogP contribution >= 0.6 is 46.4 Å². The largest absolute Gasteiger partial charge is 0.465 e. The number of hydrogen-bond donors (Lipinski definition) is 4. The van der Waals surface area contributed by atoms with E-state index in [1.54, 1.807) is 19.1 Å². The van der Waals surface area contributed by atoms with Crippen LogP contribution in [0.2, 0.25) is 10.0 Å². The smallest absolute Gasteiger partial charge is 0.409 e. The standard InChI is InChI=1S/C25H18Cl4FN3O4/c1-11-8-13(32-24(36)37)4-7-19(11)33-22(34)15-10-14(3-5-16(15)26)31-23(35)21-20(25(21,28)29)12-2-6-18(30)17(27)9-12/h2-10,20-21,32H,1H3,(H,31,35)(H,33,34)(H,36,37). The lowest BCUT2D eigenvalue weighted by Gasteiger charge is -2.12. The minimum Gasteiger partial charge on any atom is -0.465 e. The summed E-state index contributed by atoms with van der Waals surface area (Å²) in [6.45, 7) is 1.70. The van der Waals surface area contributed by atoms with Gasteiger partial charge in [-0.25, -0.2) is 9.18 Å². The van der Waals surface area contributed by atoms with Gasteiger partial charge in [0.25, 0.3) is 5.91 Å². The summed E-state index contributed by atoms with van der Waals surface area (Å²) in [7, 11) is 0. The molecule has 3 amide bonds. The molecule has 2 unspecified atom stereocenters. The van der Waals surface area contributed by atoms with Crippen LogP contribution in [0.3, 0.4) is 0 Å². The number of carboxylic acid groups (broad SMARTS) is 1. The molecule has 4 N–H and O–H groups in total. The van der Waals surface area contributed by atoms with Gasteiger partial charge in [0.05, 0.1) is 21.5 Å². The molecule has 0 spiro atoms. The summed E-state index contributed by atoms with van der Waals surface area (Å²) in [5.41, 5.74) is 2.30. The Morgan fingerprint density at radius 3 is 2.22 bits per heavy atom. The first-order chi connectivity index (χ1) is 17.4. The van der Waals surface area contributed by atoms with Gasteiger partial charge in [0.1, 0.15) is 10.2 Å². The van der Waals surface area contributed by atoms with E-state index < -0.39 is 39.9 Å². The molecule has 0 bridgehead atoms. The highest BCUT2D eigenvalue weighted by atomic mass is 35.5. The molecule has 0 heterocycles. The van der Waals surface area contributed by atoms with Crippen molar-refractivity contribution in [3.63, 3.8) is 0 Å². The van der Waals surface area contributed by atoms with Crippen molar-refractivity contribution in [2.45, 2.75) is 17.2 Å². The van der Waals surface area contributed by atoms with E-state index in [-0.39, 0.29) is 21.3 Å². The fraction of sp³-hybridized carbons (Fsp3) is 0.160. The van der Waals surface area contributed by atoms with Gasteiger partial charge in [0, 0.05) is 23.0 Å². The van der Waals surface area contributed by atoms with Crippen LogP contribution in [-0.4, -0.2) is 27.3 Å². The summed E-state index contributed by atoms with van der Waals surface area (Å²) in [5, 5.41) is 16.5. The normalized spacial score (nSPS) is 17.6. The Kier molecular flexibility index (Phi) is 7.57. The number of rotatable bonds is 6. The maximum absolute atomic E-state index is 13.5. The number of benzene rings is 3. The number of alkyl halides is 2. The van der Waals surface area contributed by atoms with Gasteiger partial charge in [0.15, 0.2) is 0 Å². The van der Waals surface area contributed by atoms with Crippen LogP contribution in [0.1, 0.15) is 27.4 Å². The van der Waals surface area contributed by atoms with Gasteiger partial charge in [-0.2, -0.15) is 0 Å². The van der Waals surface area contributed by atoms with Crippen LogP contribution in [0.5, 0.6) is 0 Å². The molecule has 4 rings (SSSR count). The highest BCUT2D eigenvalue weighted by molar-refractivity contribution is 6.53. The molecule has 0 radical (unpaired) electrons. The van der Waals surface area contributed by atoms with E-state index in [1.165, 1.54) is 42.5 Å². The quantitative estimate of drug-likeness (QED) is 0.228. The van der Waals surface area contributed by atoms with Crippen molar-refractivity contribution in [2.24, 2.45) is 5.92 Å². The van der Waals surface area contributed by atoms with Gasteiger partial charge in [0.2, 0.25) is 5.91 Å². The molecule has 12 heteroatoms. The molecular weight excluding hydrogens is 567 g/mol. The fourth-order valence-corrected chi connectivity index (χ4v) is 5.19. The zero-order valence-corrected chi connectivity index (χ0v) is 21.9. The molecule has 37 heavy (non-hydrogen) atoms. The topological polar surface area (TPSA) is 108 Å². The van der Waals surface area contributed by atoms with E-state index in [2.05, 4.69) is 16.0 Å². The fourth-order valence-electron chi connectivity index (χ4n) is 3.97. The number of carbonyl (C=O) groups is 3. The average Bonchev–Trinajstić information content (AvgIpc) is 3.40. The third-order valence-corrected chi connectivity index (χ3v) is 7.40. The zero-order chi connectivity index (χ0) is 27.1. The van der Waals surface area contributed by atoms with Crippen molar-refractivity contribution in [3.8, 4) is 0 Å². The third-order valence-electron chi connectivity index (χ3n) is 5.84. The Bertz CT molecular complexity index is 1430. The van der Waals surface area contributed by atoms with Crippen LogP contribution in [0.25, 0.3) is 0 Å². The van der Waals surface area contributed by atoms with Crippen LogP contribution in [0.4, 0.5) is 26.2 Å². The minimum atomic E-state index is -1.42. The summed E-state index contributed by atoms with van der Waals surface area (Å²) in [4.78, 5) is 36.7. The van der Waals surface area contributed by atoms with Gasteiger partial charge >= 0.3 is 6.09 Å². The van der Waals surface area contributed by atoms with E-state index in [0.29, 0.717) is 22.5 Å². The maximum Gasteiger partial charge on any atom is 0.409 e. The molecule has 192 valence electrons. The summed E-state index contributed by atoms with van der Waals surface area (Å²) in [6.07, 6.45) is -1.21. The molecule has 7 nitrogen and oxygen atoms in total. The number of amides is 3. The first-order valence-corrected chi connectivity index (χ1v) is 12.2. The van der Waals surface area contributed by atoms with Gasteiger partial charge in [-0.05, 0) is 66.6 Å². The van der Waals surface area contributed by atoms with E-state index in [4.69, 9.17) is 51.5 Å². The first kappa shape index (κ1) is 27.0. The predicted octanol–water partition coefficient (Wildman–Crippen LogP) is 7.31. The molecule has 1 aliphatic carbocycles. The number of aryl methyl sites for hydroxylation is 1. The van der Waals surface area contributed by atoms with E-state index in [0.717, 1.165) is 0 Å². The Hall–Kier alpha value is -3.04. The first-order valence-electron chi connectivity index (χ1n) is 10.7. The minimum absolute atomic E-state index is 0.0901. The Balaban J connectivity index is 1.48. The molecular formula is C25H18Cl4FN3O4. The highest BCUT2D eigenvalue weighted by Crippen LogP contribution is 2.65. The van der Waals surface area contributed by atoms with Crippen molar-refractivity contribution in [3.05, 3.63) is 87.2 Å². The van der Waals surface area contributed by atoms with Crippen LogP contribution in [-0.2, 0) is 4.79 Å². The summed E-state index contributed by atoms with van der Waals surface area (Å²) < 4.78 is 12.1. The number of hydrogen-bond acceptors (Lipinski definition) is 3. The van der Waals surface area contributed by atoms with E-state index >= 15 is 0 Å². The molecule has 1 fully saturated rings. The second-order valence-corrected chi connectivity index (χ2v) is 10.7. The second kappa shape index (κ2) is 10.4. The highest BCUT2D eigenvalue weighted by Gasteiger charge is 2.67. The van der Waals surface area contributed by atoms with Crippen LogP contribution in [0, 0.1) is 18.7 Å². The summed E-state index contributed by atoms with van der Waals surface area (Å²) in [5.74, 6) is -3.09. The summed E-state index contributed by atoms with van der Waals surface area (Å²) >= 11 is 24.8. The lowest BCUT2D eigenvalue weighted by Crippen LogP contribution is -2.18. The second-order valence-electron chi connectivity index (χ2n) is 8.40. The number of nitrogens with one attached hydrogen (secondary N) is 3. The SMILES string of the molecule is Cc1cc(NC(=O)O)ccc1NC(=O)c1cc(NC(=O)C2C(c3ccc(F)c(Cl)c3)C2(Cl)Cl)ccc1Cl. The van der Waals surface area contributed by atoms with E-state index in [1.807, 2.05) is 0 Å². The zero-order valence-electron chi connectivity index (χ0n) is 18.9. The molecule has 3 aromatic carbocycles. The Morgan fingerprint density at radius 1 is 0.892 bits per heavy atom. The van der Waals surface area contributed by atoms with Crippen molar-refractivity contribution in [1.29, 1.82) is 0 Å². The lowest BCUT2D eigenvalue weighted by molar-refractivity contribution is -0.117. The molecule has 2 atom stereocenters. The molecule has 1 aliphatic rings. The van der Waals surface area contributed by atoms with Crippen molar-refractivity contribution < 1.29 is 23.9 Å². The Morgan fingerprint density at radius 2 is 1.57 bits per heavy atom. The molecule has 0 saturated heterocycles. The molecule has 1 saturated carbocycles. The van der Waals surface area contributed by atoms with Crippen molar-refractivity contribution >= 4 is 81.4 Å². The van der Waals surface area contributed by atoms with E-state index in [9.17, 15) is 18.8 Å². The number of halogens is 5. The molecule has 0 aromatic heterocycles. The van der Waals surface area contributed by atoms with Crippen molar-refractivity contribution in [1.82, 2.24) is 0 Å². The van der Waals surface area contributed by atoms with Gasteiger partial charge < -0.3 is 15.7 Å². The number of anilines is 3. The van der Waals surface area contributed by atoms with Gasteiger partial charge in [-0.3, -0.25) is 14.9 Å². The molecule has 3 aromatic rings. The van der Waals surface area contributed by atoms with Crippen molar-refractivity contribution in [2.75, 3.05) is 16.0 Å². The lowest BCUT2D eigenvalue weighted by atomic mass is 10.1. The Labute approximate surface area is 230 Å². The monoisotopic (exact) mass is 583 g/mol. The van der Waals surface area contributed by atoms with Gasteiger partial charge in [-0.15, -0.1) is 23.2 Å². The van der Waals surface area contributed by atoms with Gasteiger partial charge in [-0.1, -0.05) is 29.3 Å². The molecule has 0 aliphatic heterocycles. The third kappa shape index (κ3) is 5.78. The van der Waals surface area contributed by atoms with Crippen LogP contribution < -0.4 is 16.0 Å².